The van der Waals surface area contributed by atoms with Gasteiger partial charge in [0.05, 0.1) is 15.8 Å². The summed E-state index contributed by atoms with van der Waals surface area (Å²) < 4.78 is 0. The van der Waals surface area contributed by atoms with Crippen LogP contribution in [0, 0.1) is 21.4 Å². The summed E-state index contributed by atoms with van der Waals surface area (Å²) in [6, 6.07) is 3.70. The van der Waals surface area contributed by atoms with Gasteiger partial charge < -0.3 is 10.1 Å². The summed E-state index contributed by atoms with van der Waals surface area (Å²) in [4.78, 5) is 24.1. The summed E-state index contributed by atoms with van der Waals surface area (Å²) in [6.07, 6.45) is 1.19. The molecule has 1 heterocycles. The Morgan fingerprint density at radius 3 is 2.76 bits per heavy atom. The Labute approximate surface area is 93.7 Å². The zero-order valence-electron chi connectivity index (χ0n) is 8.30. The summed E-state index contributed by atoms with van der Waals surface area (Å²) in [6.45, 7) is 0. The maximum Gasteiger partial charge on any atom is 0.311 e. The molecular weight excluding hydrogens is 226 g/mol. The minimum absolute atomic E-state index is 0.00597. The van der Waals surface area contributed by atoms with Crippen molar-refractivity contribution in [3.05, 3.63) is 44.2 Å². The highest BCUT2D eigenvalue weighted by Gasteiger charge is 2.16. The first-order chi connectivity index (χ1) is 8.04. The number of hydrogen-bond donors (Lipinski definition) is 2. The van der Waals surface area contributed by atoms with Crippen LogP contribution in [0.1, 0.15) is 5.56 Å². The third kappa shape index (κ3) is 1.57. The molecule has 1 aromatic carbocycles. The normalized spacial score (nSPS) is 10.1. The lowest BCUT2D eigenvalue weighted by Gasteiger charge is -2.00. The van der Waals surface area contributed by atoms with E-state index < -0.39 is 21.8 Å². The lowest BCUT2D eigenvalue weighted by atomic mass is 10.1. The molecule has 0 unspecified atom stereocenters. The van der Waals surface area contributed by atoms with E-state index in [0.717, 1.165) is 12.1 Å². The van der Waals surface area contributed by atoms with Gasteiger partial charge in [0.25, 0.3) is 0 Å². The third-order valence-corrected chi connectivity index (χ3v) is 2.29. The number of aromatic hydroxyl groups is 1. The van der Waals surface area contributed by atoms with Crippen molar-refractivity contribution in [2.45, 2.75) is 0 Å². The number of nitrogens with one attached hydrogen (secondary N) is 1. The van der Waals surface area contributed by atoms with Gasteiger partial charge in [-0.1, -0.05) is 0 Å². The number of rotatable bonds is 1. The second-order valence-corrected chi connectivity index (χ2v) is 3.29. The Kier molecular flexibility index (Phi) is 2.25. The number of phenols is 1. The van der Waals surface area contributed by atoms with Gasteiger partial charge in [-0.05, 0) is 0 Å². The maximum absolute atomic E-state index is 11.7. The van der Waals surface area contributed by atoms with Crippen LogP contribution in [-0.2, 0) is 0 Å². The fourth-order valence-corrected chi connectivity index (χ4v) is 1.47. The lowest BCUT2D eigenvalue weighted by Crippen LogP contribution is -2.07. The molecule has 17 heavy (non-hydrogen) atoms. The number of nitrogens with zero attached hydrogens (tertiary/aromatic N) is 2. The largest absolute Gasteiger partial charge is 0.502 e. The first-order valence-corrected chi connectivity index (χ1v) is 4.47. The van der Waals surface area contributed by atoms with Crippen molar-refractivity contribution in [3.63, 3.8) is 0 Å². The highest BCUT2D eigenvalue weighted by Crippen LogP contribution is 2.28. The average molecular weight is 231 g/mol. The van der Waals surface area contributed by atoms with Crippen molar-refractivity contribution >= 4 is 16.6 Å². The van der Waals surface area contributed by atoms with Crippen LogP contribution in [0.3, 0.4) is 0 Å². The Hall–Kier alpha value is -2.88. The molecule has 0 saturated carbocycles. The smallest absolute Gasteiger partial charge is 0.311 e. The van der Waals surface area contributed by atoms with Crippen molar-refractivity contribution in [3.8, 4) is 11.8 Å². The summed E-state index contributed by atoms with van der Waals surface area (Å²) >= 11 is 0. The minimum Gasteiger partial charge on any atom is -0.502 e. The van der Waals surface area contributed by atoms with Crippen LogP contribution in [-0.4, -0.2) is 15.0 Å². The number of nitro groups is 1. The molecule has 2 rings (SSSR count). The van der Waals surface area contributed by atoms with Gasteiger partial charge in [-0.15, -0.1) is 0 Å². The lowest BCUT2D eigenvalue weighted by molar-refractivity contribution is -0.385. The molecule has 0 radical (unpaired) electrons. The number of phenolic OH excluding ortho intramolecular Hbond substituents is 1. The summed E-state index contributed by atoms with van der Waals surface area (Å²) in [7, 11) is 0. The Balaban J connectivity index is 2.92. The predicted molar refractivity (Wildman–Crippen MR) is 57.6 cm³/mol. The predicted octanol–water partition coefficient (Wildman–Crippen LogP) is 1.01. The van der Waals surface area contributed by atoms with Gasteiger partial charge in [-0.3, -0.25) is 14.9 Å². The van der Waals surface area contributed by atoms with Gasteiger partial charge in [0, 0.05) is 18.3 Å². The van der Waals surface area contributed by atoms with E-state index in [1.165, 1.54) is 6.20 Å². The van der Waals surface area contributed by atoms with Crippen LogP contribution >= 0.6 is 0 Å². The molecule has 84 valence electrons. The number of benzene rings is 1. The molecule has 0 bridgehead atoms. The molecule has 0 atom stereocenters. The number of hydrogen-bond acceptors (Lipinski definition) is 5. The number of aromatic nitrogens is 1. The average Bonchev–Trinajstić information content (AvgIpc) is 2.28. The van der Waals surface area contributed by atoms with Gasteiger partial charge in [0.1, 0.15) is 11.6 Å². The van der Waals surface area contributed by atoms with E-state index in [-0.39, 0.29) is 16.5 Å². The van der Waals surface area contributed by atoms with Crippen LogP contribution < -0.4 is 5.43 Å². The molecule has 0 saturated heterocycles. The molecule has 1 aromatic heterocycles. The number of pyridine rings is 1. The summed E-state index contributed by atoms with van der Waals surface area (Å²) in [5.74, 6) is -0.539. The van der Waals surface area contributed by atoms with Crippen molar-refractivity contribution < 1.29 is 10.0 Å². The number of aromatic amines is 1. The molecule has 0 spiro atoms. The molecule has 2 N–H and O–H groups in total. The van der Waals surface area contributed by atoms with Gasteiger partial charge >= 0.3 is 5.69 Å². The number of fused-ring (bicyclic) bond motifs is 1. The quantitative estimate of drug-likeness (QED) is 0.560. The van der Waals surface area contributed by atoms with Crippen molar-refractivity contribution in [2.24, 2.45) is 0 Å². The fourth-order valence-electron chi connectivity index (χ4n) is 1.47. The molecule has 0 aliphatic heterocycles. The zero-order valence-corrected chi connectivity index (χ0v) is 8.30. The first-order valence-electron chi connectivity index (χ1n) is 4.47. The van der Waals surface area contributed by atoms with Crippen LogP contribution in [0.25, 0.3) is 10.9 Å². The standard InChI is InChI=1S/C10H5N3O4/c11-3-5-4-12-7-2-9(14)8(13(16)17)1-6(7)10(5)15/h1-2,4,14H,(H,12,15). The van der Waals surface area contributed by atoms with Crippen LogP contribution in [0.15, 0.2) is 23.1 Å². The van der Waals surface area contributed by atoms with Crippen molar-refractivity contribution in [1.82, 2.24) is 4.98 Å². The van der Waals surface area contributed by atoms with Crippen LogP contribution in [0.5, 0.6) is 5.75 Å². The van der Waals surface area contributed by atoms with E-state index >= 15 is 0 Å². The van der Waals surface area contributed by atoms with Gasteiger partial charge in [-0.2, -0.15) is 5.26 Å². The van der Waals surface area contributed by atoms with E-state index in [2.05, 4.69) is 4.98 Å². The van der Waals surface area contributed by atoms with E-state index in [9.17, 15) is 20.0 Å². The van der Waals surface area contributed by atoms with Gasteiger partial charge in [-0.25, -0.2) is 0 Å². The molecule has 0 amide bonds. The van der Waals surface area contributed by atoms with E-state index in [4.69, 9.17) is 5.26 Å². The molecular formula is C10H5N3O4. The molecule has 0 aliphatic carbocycles. The van der Waals surface area contributed by atoms with E-state index in [1.54, 1.807) is 6.07 Å². The van der Waals surface area contributed by atoms with Gasteiger partial charge in [0.15, 0.2) is 5.75 Å². The summed E-state index contributed by atoms with van der Waals surface area (Å²) in [5, 5.41) is 28.6. The first kappa shape index (κ1) is 10.6. The monoisotopic (exact) mass is 231 g/mol. The summed E-state index contributed by atoms with van der Waals surface area (Å²) in [5.41, 5.74) is -1.09. The Morgan fingerprint density at radius 1 is 1.47 bits per heavy atom. The molecule has 0 aliphatic rings. The second kappa shape index (κ2) is 3.61. The van der Waals surface area contributed by atoms with E-state index in [1.807, 2.05) is 0 Å². The topological polar surface area (TPSA) is 120 Å². The number of nitro benzene ring substituents is 1. The number of nitriles is 1. The molecule has 2 aromatic rings. The Bertz CT molecular complexity index is 727. The van der Waals surface area contributed by atoms with Crippen LogP contribution in [0.4, 0.5) is 5.69 Å². The molecule has 7 heteroatoms. The van der Waals surface area contributed by atoms with Crippen LogP contribution in [0.2, 0.25) is 0 Å². The fraction of sp³-hybridized carbons (Fsp3) is 0. The SMILES string of the molecule is N#Cc1c[nH]c2cc(O)c([N+](=O)[O-])cc2c1=O. The van der Waals surface area contributed by atoms with Crippen molar-refractivity contribution in [2.75, 3.05) is 0 Å². The highest BCUT2D eigenvalue weighted by molar-refractivity contribution is 5.84. The zero-order chi connectivity index (χ0) is 12.6. The molecule has 0 fully saturated rings. The number of H-pyrrole nitrogens is 1. The molecule has 7 nitrogen and oxygen atoms in total. The minimum atomic E-state index is -0.798. The second-order valence-electron chi connectivity index (χ2n) is 3.29. The highest BCUT2D eigenvalue weighted by atomic mass is 16.6. The van der Waals surface area contributed by atoms with E-state index in [0.29, 0.717) is 0 Å². The van der Waals surface area contributed by atoms with Gasteiger partial charge in [0.2, 0.25) is 5.43 Å². The van der Waals surface area contributed by atoms with Crippen molar-refractivity contribution in [1.29, 1.82) is 5.26 Å². The Morgan fingerprint density at radius 2 is 2.18 bits per heavy atom. The third-order valence-electron chi connectivity index (χ3n) is 2.29. The maximum atomic E-state index is 11.7.